The predicted molar refractivity (Wildman–Crippen MR) is 30.6 cm³/mol. The van der Waals surface area contributed by atoms with E-state index in [2.05, 4.69) is 35.7 Å². The van der Waals surface area contributed by atoms with E-state index in [1.807, 2.05) is 0 Å². The summed E-state index contributed by atoms with van der Waals surface area (Å²) in [6.07, 6.45) is 1.51. The molecule has 6 radical (unpaired) electrons. The van der Waals surface area contributed by atoms with Crippen LogP contribution in [0.3, 0.4) is 0 Å². The second-order valence-electron chi connectivity index (χ2n) is 1.17. The van der Waals surface area contributed by atoms with Crippen LogP contribution in [-0.4, -0.2) is 35.7 Å². The molecule has 0 aliphatic carbocycles. The standard InChI is InChI=1S/C3HN3Si2/c7-2-1-4-6-3(8)5-2/h1H. The summed E-state index contributed by atoms with van der Waals surface area (Å²) in [6, 6.07) is 0. The number of nitrogens with zero attached hydrogens (tertiary/aromatic N) is 3. The Labute approximate surface area is 53.4 Å². The molecule has 1 aromatic rings. The molecule has 0 atom stereocenters. The van der Waals surface area contributed by atoms with Crippen molar-refractivity contribution >= 4 is 31.2 Å². The molecule has 0 unspecified atom stereocenters. The van der Waals surface area contributed by atoms with Gasteiger partial charge in [-0.3, -0.25) is 0 Å². The molecule has 0 spiro atoms. The number of hydrogen-bond donors (Lipinski definition) is 0. The predicted octanol–water partition coefficient (Wildman–Crippen LogP) is -2.54. The van der Waals surface area contributed by atoms with Crippen LogP contribution in [0.4, 0.5) is 0 Å². The summed E-state index contributed by atoms with van der Waals surface area (Å²) in [5.74, 6) is 0. The molecular weight excluding hydrogens is 134 g/mol. The summed E-state index contributed by atoms with van der Waals surface area (Å²) in [7, 11) is 6.26. The van der Waals surface area contributed by atoms with Crippen molar-refractivity contribution in [3.63, 3.8) is 0 Å². The van der Waals surface area contributed by atoms with Gasteiger partial charge in [0.05, 0.1) is 6.20 Å². The van der Waals surface area contributed by atoms with Gasteiger partial charge in [0, 0.05) is 5.32 Å². The summed E-state index contributed by atoms with van der Waals surface area (Å²) in [5, 5.41) is 7.81. The first-order valence-electron chi connectivity index (χ1n) is 1.92. The quantitative estimate of drug-likeness (QED) is 0.368. The average molecular weight is 135 g/mol. The fourth-order valence-corrected chi connectivity index (χ4v) is 0.757. The van der Waals surface area contributed by atoms with E-state index in [1.54, 1.807) is 0 Å². The first kappa shape index (κ1) is 5.58. The van der Waals surface area contributed by atoms with Gasteiger partial charge in [-0.2, -0.15) is 5.10 Å². The molecule has 5 heteroatoms. The lowest BCUT2D eigenvalue weighted by atomic mass is 10.9. The Hall–Kier alpha value is -0.556. The highest BCUT2D eigenvalue weighted by Gasteiger charge is 1.85. The van der Waals surface area contributed by atoms with Crippen LogP contribution in [0, 0.1) is 0 Å². The summed E-state index contributed by atoms with van der Waals surface area (Å²) < 4.78 is 0. The van der Waals surface area contributed by atoms with E-state index < -0.39 is 0 Å². The first-order valence-corrected chi connectivity index (χ1v) is 2.92. The molecule has 0 amide bonds. The largest absolute Gasteiger partial charge is 0.246 e. The number of hydrogen-bond acceptors (Lipinski definition) is 3. The van der Waals surface area contributed by atoms with Gasteiger partial charge in [-0.1, -0.05) is 0 Å². The molecule has 0 aliphatic rings. The van der Waals surface area contributed by atoms with Gasteiger partial charge in [0.2, 0.25) is 0 Å². The van der Waals surface area contributed by atoms with Crippen LogP contribution in [0.2, 0.25) is 0 Å². The lowest BCUT2D eigenvalue weighted by Crippen LogP contribution is -2.24. The molecule has 0 aromatic carbocycles. The van der Waals surface area contributed by atoms with Gasteiger partial charge in [0.25, 0.3) is 0 Å². The maximum absolute atomic E-state index is 3.83. The first-order chi connectivity index (χ1) is 3.79. The second kappa shape index (κ2) is 2.14. The van der Waals surface area contributed by atoms with E-state index in [1.165, 1.54) is 6.20 Å². The highest BCUT2D eigenvalue weighted by molar-refractivity contribution is 6.33. The molecule has 0 fully saturated rings. The highest BCUT2D eigenvalue weighted by Crippen LogP contribution is 1.52. The summed E-state index contributed by atoms with van der Waals surface area (Å²) in [5.41, 5.74) is 0.484. The molecule has 8 heavy (non-hydrogen) atoms. The highest BCUT2D eigenvalue weighted by atomic mass is 28.1. The maximum atomic E-state index is 3.83. The van der Waals surface area contributed by atoms with Crippen molar-refractivity contribution in [2.75, 3.05) is 0 Å². The molecule has 0 N–H and O–H groups in total. The molecular formula is C3HN3Si2. The Balaban J connectivity index is 3.08. The smallest absolute Gasteiger partial charge is 0.131 e. The van der Waals surface area contributed by atoms with Crippen LogP contribution < -0.4 is 10.8 Å². The summed E-state index contributed by atoms with van der Waals surface area (Å²) >= 11 is 0. The second-order valence-corrected chi connectivity index (χ2v) is 2.12. The third-order valence-electron chi connectivity index (χ3n) is 0.559. The fraction of sp³-hybridized carbons (Fsp3) is 0. The van der Waals surface area contributed by atoms with Gasteiger partial charge in [0.1, 0.15) is 25.9 Å². The van der Waals surface area contributed by atoms with Gasteiger partial charge in [-0.25, -0.2) is 4.98 Å². The molecule has 1 heterocycles. The zero-order valence-corrected chi connectivity index (χ0v) is 5.92. The van der Waals surface area contributed by atoms with E-state index in [9.17, 15) is 0 Å². The van der Waals surface area contributed by atoms with Gasteiger partial charge in [-0.15, -0.1) is 5.10 Å². The van der Waals surface area contributed by atoms with Crippen LogP contribution in [0.15, 0.2) is 6.20 Å². The Bertz CT molecular complexity index is 172. The molecule has 36 valence electrons. The molecule has 0 aliphatic heterocycles. The van der Waals surface area contributed by atoms with E-state index in [4.69, 9.17) is 0 Å². The fourth-order valence-electron chi connectivity index (χ4n) is 0.304. The van der Waals surface area contributed by atoms with Crippen LogP contribution in [0.5, 0.6) is 0 Å². The molecule has 1 aromatic heterocycles. The van der Waals surface area contributed by atoms with Gasteiger partial charge in [-0.05, 0) is 0 Å². The zero-order valence-electron chi connectivity index (χ0n) is 3.92. The van der Waals surface area contributed by atoms with E-state index >= 15 is 0 Å². The minimum Gasteiger partial charge on any atom is -0.246 e. The lowest BCUT2D eigenvalue weighted by molar-refractivity contribution is 1.03. The van der Waals surface area contributed by atoms with Crippen LogP contribution in [0.1, 0.15) is 0 Å². The Morgan fingerprint density at radius 1 is 1.38 bits per heavy atom. The van der Waals surface area contributed by atoms with Crippen molar-refractivity contribution in [3.05, 3.63) is 6.20 Å². The Kier molecular flexibility index (Phi) is 1.49. The third-order valence-corrected chi connectivity index (χ3v) is 1.01. The molecule has 1 rings (SSSR count). The van der Waals surface area contributed by atoms with E-state index in [0.29, 0.717) is 10.8 Å². The zero-order chi connectivity index (χ0) is 5.98. The van der Waals surface area contributed by atoms with Crippen molar-refractivity contribution < 1.29 is 0 Å². The lowest BCUT2D eigenvalue weighted by Gasteiger charge is -1.87. The van der Waals surface area contributed by atoms with Gasteiger partial charge >= 0.3 is 0 Å². The van der Waals surface area contributed by atoms with Crippen molar-refractivity contribution in [1.82, 2.24) is 15.2 Å². The minimum atomic E-state index is 0.484. The molecule has 0 saturated heterocycles. The van der Waals surface area contributed by atoms with E-state index in [0.717, 1.165) is 0 Å². The van der Waals surface area contributed by atoms with Gasteiger partial charge in [0.15, 0.2) is 0 Å². The van der Waals surface area contributed by atoms with Gasteiger partial charge < -0.3 is 0 Å². The van der Waals surface area contributed by atoms with Crippen molar-refractivity contribution in [3.8, 4) is 0 Å². The maximum Gasteiger partial charge on any atom is 0.131 e. The van der Waals surface area contributed by atoms with Crippen molar-refractivity contribution in [2.24, 2.45) is 0 Å². The SMILES string of the molecule is [Si]c1cnnc([Si])n1. The monoisotopic (exact) mass is 135 g/mol. The molecule has 0 bridgehead atoms. The van der Waals surface area contributed by atoms with Crippen LogP contribution in [0.25, 0.3) is 0 Å². The van der Waals surface area contributed by atoms with Crippen molar-refractivity contribution in [1.29, 1.82) is 0 Å². The Morgan fingerprint density at radius 2 is 2.12 bits per heavy atom. The minimum absolute atomic E-state index is 0.484. The number of aromatic nitrogens is 3. The summed E-state index contributed by atoms with van der Waals surface area (Å²) in [4.78, 5) is 3.83. The van der Waals surface area contributed by atoms with Crippen molar-refractivity contribution in [2.45, 2.75) is 0 Å². The summed E-state index contributed by atoms with van der Waals surface area (Å²) in [6.45, 7) is 0. The van der Waals surface area contributed by atoms with Crippen LogP contribution in [-0.2, 0) is 0 Å². The normalized spacial score (nSPS) is 9.25. The topological polar surface area (TPSA) is 38.7 Å². The van der Waals surface area contributed by atoms with Crippen LogP contribution >= 0.6 is 0 Å². The van der Waals surface area contributed by atoms with E-state index in [-0.39, 0.29) is 0 Å². The third kappa shape index (κ3) is 1.21. The average Bonchev–Trinajstić information content (AvgIpc) is 1.64. The molecule has 0 saturated carbocycles. The molecule has 3 nitrogen and oxygen atoms in total. The number of rotatable bonds is 0. The Morgan fingerprint density at radius 3 is 2.50 bits per heavy atom.